The van der Waals surface area contributed by atoms with Gasteiger partial charge in [0.25, 0.3) is 0 Å². The fourth-order valence-electron chi connectivity index (χ4n) is 2.66. The third kappa shape index (κ3) is 3.72. The van der Waals surface area contributed by atoms with Crippen molar-refractivity contribution < 1.29 is 9.47 Å². The lowest BCUT2D eigenvalue weighted by Crippen LogP contribution is -1.92. The molecular formula is C21H20O2. The Bertz CT molecular complexity index is 762. The molecule has 116 valence electrons. The molecule has 0 saturated heterocycles. The predicted molar refractivity (Wildman–Crippen MR) is 94.2 cm³/mol. The van der Waals surface area contributed by atoms with E-state index in [0.29, 0.717) is 0 Å². The van der Waals surface area contributed by atoms with Gasteiger partial charge in [-0.25, -0.2) is 0 Å². The lowest BCUT2D eigenvalue weighted by atomic mass is 9.98. The molecule has 3 aromatic rings. The van der Waals surface area contributed by atoms with E-state index in [0.717, 1.165) is 17.9 Å². The van der Waals surface area contributed by atoms with E-state index in [4.69, 9.17) is 9.47 Å². The third-order valence-corrected chi connectivity index (χ3v) is 3.88. The van der Waals surface area contributed by atoms with E-state index in [-0.39, 0.29) is 0 Å². The average Bonchev–Trinajstić information content (AvgIpc) is 2.63. The summed E-state index contributed by atoms with van der Waals surface area (Å²) >= 11 is 0. The normalized spacial score (nSPS) is 10.3. The van der Waals surface area contributed by atoms with Crippen LogP contribution in [-0.4, -0.2) is 14.2 Å². The van der Waals surface area contributed by atoms with E-state index in [1.54, 1.807) is 14.2 Å². The van der Waals surface area contributed by atoms with Crippen molar-refractivity contribution in [2.24, 2.45) is 0 Å². The number of benzene rings is 3. The lowest BCUT2D eigenvalue weighted by molar-refractivity contribution is 0.414. The lowest BCUT2D eigenvalue weighted by Gasteiger charge is -2.10. The van der Waals surface area contributed by atoms with Gasteiger partial charge in [-0.3, -0.25) is 0 Å². The fraction of sp³-hybridized carbons (Fsp3) is 0.143. The zero-order valence-electron chi connectivity index (χ0n) is 13.5. The summed E-state index contributed by atoms with van der Waals surface area (Å²) in [5.41, 5.74) is 4.85. The summed E-state index contributed by atoms with van der Waals surface area (Å²) in [6.45, 7) is 0. The Balaban J connectivity index is 1.92. The van der Waals surface area contributed by atoms with Crippen molar-refractivity contribution in [3.63, 3.8) is 0 Å². The molecule has 0 atom stereocenters. The Kier molecular flexibility index (Phi) is 4.62. The van der Waals surface area contributed by atoms with Crippen LogP contribution in [0.25, 0.3) is 11.1 Å². The summed E-state index contributed by atoms with van der Waals surface area (Å²) in [4.78, 5) is 0. The standard InChI is InChI=1S/C21H20O2/c1-22-20-10-8-16(9-11-20)12-17-13-19(15-21(14-17)23-2)18-6-4-3-5-7-18/h3-11,13-15H,12H2,1-2H3. The van der Waals surface area contributed by atoms with Crippen LogP contribution >= 0.6 is 0 Å². The third-order valence-electron chi connectivity index (χ3n) is 3.88. The van der Waals surface area contributed by atoms with Crippen LogP contribution in [0.4, 0.5) is 0 Å². The first-order valence-corrected chi connectivity index (χ1v) is 7.65. The molecule has 0 fully saturated rings. The van der Waals surface area contributed by atoms with Crippen LogP contribution in [0.15, 0.2) is 72.8 Å². The molecule has 3 rings (SSSR count). The van der Waals surface area contributed by atoms with Crippen LogP contribution in [0.5, 0.6) is 11.5 Å². The van der Waals surface area contributed by atoms with E-state index in [9.17, 15) is 0 Å². The van der Waals surface area contributed by atoms with Crippen molar-refractivity contribution in [2.75, 3.05) is 14.2 Å². The highest BCUT2D eigenvalue weighted by molar-refractivity contribution is 5.66. The molecule has 0 spiro atoms. The first-order chi connectivity index (χ1) is 11.3. The number of rotatable bonds is 5. The average molecular weight is 304 g/mol. The molecule has 0 aromatic heterocycles. The molecule has 0 saturated carbocycles. The van der Waals surface area contributed by atoms with E-state index in [2.05, 4.69) is 54.6 Å². The highest BCUT2D eigenvalue weighted by Crippen LogP contribution is 2.27. The summed E-state index contributed by atoms with van der Waals surface area (Å²) in [5, 5.41) is 0. The smallest absolute Gasteiger partial charge is 0.119 e. The highest BCUT2D eigenvalue weighted by Gasteiger charge is 2.05. The summed E-state index contributed by atoms with van der Waals surface area (Å²) in [6.07, 6.45) is 0.862. The van der Waals surface area contributed by atoms with Gasteiger partial charge >= 0.3 is 0 Å². The molecule has 0 N–H and O–H groups in total. The summed E-state index contributed by atoms with van der Waals surface area (Å²) in [7, 11) is 3.39. The SMILES string of the molecule is COc1ccc(Cc2cc(OC)cc(-c3ccccc3)c2)cc1. The van der Waals surface area contributed by atoms with E-state index < -0.39 is 0 Å². The minimum atomic E-state index is 0.862. The molecule has 23 heavy (non-hydrogen) atoms. The summed E-state index contributed by atoms with van der Waals surface area (Å²) < 4.78 is 10.7. The van der Waals surface area contributed by atoms with Crippen molar-refractivity contribution in [3.05, 3.63) is 83.9 Å². The molecule has 0 heterocycles. The van der Waals surface area contributed by atoms with Crippen LogP contribution in [-0.2, 0) is 6.42 Å². The minimum Gasteiger partial charge on any atom is -0.497 e. The number of hydrogen-bond acceptors (Lipinski definition) is 2. The van der Waals surface area contributed by atoms with Crippen molar-refractivity contribution in [1.82, 2.24) is 0 Å². The minimum absolute atomic E-state index is 0.862. The second-order valence-corrected chi connectivity index (χ2v) is 5.46. The predicted octanol–water partition coefficient (Wildman–Crippen LogP) is 4.96. The van der Waals surface area contributed by atoms with Gasteiger partial charge in [-0.2, -0.15) is 0 Å². The maximum absolute atomic E-state index is 5.47. The largest absolute Gasteiger partial charge is 0.497 e. The summed E-state index contributed by atoms with van der Waals surface area (Å²) in [6, 6.07) is 24.9. The summed E-state index contributed by atoms with van der Waals surface area (Å²) in [5.74, 6) is 1.76. The van der Waals surface area contributed by atoms with E-state index in [1.165, 1.54) is 22.3 Å². The van der Waals surface area contributed by atoms with Crippen molar-refractivity contribution in [1.29, 1.82) is 0 Å². The highest BCUT2D eigenvalue weighted by atomic mass is 16.5. The van der Waals surface area contributed by atoms with Gasteiger partial charge < -0.3 is 9.47 Å². The monoisotopic (exact) mass is 304 g/mol. The van der Waals surface area contributed by atoms with Gasteiger partial charge in [-0.1, -0.05) is 48.5 Å². The van der Waals surface area contributed by atoms with Gasteiger partial charge in [-0.15, -0.1) is 0 Å². The van der Waals surface area contributed by atoms with Gasteiger partial charge in [-0.05, 0) is 52.9 Å². The first kappa shape index (κ1) is 15.2. The van der Waals surface area contributed by atoms with Gasteiger partial charge in [0.1, 0.15) is 11.5 Å². The molecular weight excluding hydrogens is 284 g/mol. The van der Waals surface area contributed by atoms with Crippen LogP contribution in [0.2, 0.25) is 0 Å². The van der Waals surface area contributed by atoms with Crippen LogP contribution in [0, 0.1) is 0 Å². The molecule has 0 aliphatic rings. The molecule has 2 nitrogen and oxygen atoms in total. The second-order valence-electron chi connectivity index (χ2n) is 5.46. The Morgan fingerprint density at radius 2 is 1.30 bits per heavy atom. The Morgan fingerprint density at radius 1 is 0.609 bits per heavy atom. The molecule has 3 aromatic carbocycles. The fourth-order valence-corrected chi connectivity index (χ4v) is 2.66. The van der Waals surface area contributed by atoms with Gasteiger partial charge in [0, 0.05) is 0 Å². The molecule has 0 aliphatic carbocycles. The van der Waals surface area contributed by atoms with Gasteiger partial charge in [0.15, 0.2) is 0 Å². The zero-order chi connectivity index (χ0) is 16.1. The van der Waals surface area contributed by atoms with Crippen molar-refractivity contribution in [3.8, 4) is 22.6 Å². The molecule has 0 aliphatic heterocycles. The molecule has 2 heteroatoms. The van der Waals surface area contributed by atoms with E-state index >= 15 is 0 Å². The Hall–Kier alpha value is -2.74. The number of ether oxygens (including phenoxy) is 2. The van der Waals surface area contributed by atoms with E-state index in [1.807, 2.05) is 18.2 Å². The number of hydrogen-bond donors (Lipinski definition) is 0. The molecule has 0 radical (unpaired) electrons. The molecule has 0 bridgehead atoms. The zero-order valence-corrected chi connectivity index (χ0v) is 13.5. The molecule has 0 unspecified atom stereocenters. The van der Waals surface area contributed by atoms with Crippen LogP contribution < -0.4 is 9.47 Å². The van der Waals surface area contributed by atoms with Crippen LogP contribution in [0.1, 0.15) is 11.1 Å². The van der Waals surface area contributed by atoms with Crippen LogP contribution in [0.3, 0.4) is 0 Å². The topological polar surface area (TPSA) is 18.5 Å². The maximum atomic E-state index is 5.47. The second kappa shape index (κ2) is 7.01. The Morgan fingerprint density at radius 3 is 1.96 bits per heavy atom. The van der Waals surface area contributed by atoms with Gasteiger partial charge in [0.05, 0.1) is 14.2 Å². The molecule has 0 amide bonds. The number of methoxy groups -OCH3 is 2. The van der Waals surface area contributed by atoms with Crippen molar-refractivity contribution >= 4 is 0 Å². The quantitative estimate of drug-likeness (QED) is 0.663. The maximum Gasteiger partial charge on any atom is 0.119 e. The van der Waals surface area contributed by atoms with Gasteiger partial charge in [0.2, 0.25) is 0 Å². The first-order valence-electron chi connectivity index (χ1n) is 7.65. The Labute approximate surface area is 137 Å². The van der Waals surface area contributed by atoms with Crippen molar-refractivity contribution in [2.45, 2.75) is 6.42 Å².